The Morgan fingerprint density at radius 3 is 2.89 bits per heavy atom. The SMILES string of the molecule is O=C(/C=C/c1nc2ccccc2o1)OCc1nc(-c2cccc(Br)c2)no1. The molecule has 0 N–H and O–H groups in total. The number of halogens is 1. The number of carbonyl (C=O) groups is 1. The average Bonchev–Trinajstić information content (AvgIpc) is 3.31. The molecule has 7 nitrogen and oxygen atoms in total. The van der Waals surface area contributed by atoms with Crippen LogP contribution >= 0.6 is 15.9 Å². The topological polar surface area (TPSA) is 91.2 Å². The number of esters is 1. The Morgan fingerprint density at radius 1 is 1.15 bits per heavy atom. The molecular weight excluding hydrogens is 414 g/mol. The summed E-state index contributed by atoms with van der Waals surface area (Å²) in [6.45, 7) is -0.127. The van der Waals surface area contributed by atoms with Crippen LogP contribution in [0.15, 0.2) is 68.0 Å². The van der Waals surface area contributed by atoms with E-state index in [0.717, 1.165) is 15.6 Å². The molecule has 0 aliphatic carbocycles. The van der Waals surface area contributed by atoms with E-state index >= 15 is 0 Å². The van der Waals surface area contributed by atoms with Gasteiger partial charge in [0.2, 0.25) is 11.7 Å². The minimum absolute atomic E-state index is 0.127. The monoisotopic (exact) mass is 425 g/mol. The molecule has 2 aromatic heterocycles. The van der Waals surface area contributed by atoms with Crippen molar-refractivity contribution in [2.45, 2.75) is 6.61 Å². The molecule has 0 atom stereocenters. The Morgan fingerprint density at radius 2 is 2.04 bits per heavy atom. The molecule has 4 rings (SSSR count). The zero-order valence-electron chi connectivity index (χ0n) is 13.8. The van der Waals surface area contributed by atoms with Crippen LogP contribution < -0.4 is 0 Å². The third-order valence-corrected chi connectivity index (χ3v) is 4.05. The standard InChI is InChI=1S/C19H12BrN3O4/c20-13-5-3-4-12(10-13)19-22-17(27-23-19)11-25-18(24)9-8-16-21-14-6-1-2-7-15(14)26-16/h1-10H,11H2/b9-8+. The van der Waals surface area contributed by atoms with Crippen LogP contribution in [0.5, 0.6) is 0 Å². The minimum atomic E-state index is -0.570. The van der Waals surface area contributed by atoms with Crippen molar-refractivity contribution in [1.29, 1.82) is 0 Å². The molecule has 0 radical (unpaired) electrons. The quantitative estimate of drug-likeness (QED) is 0.345. The summed E-state index contributed by atoms with van der Waals surface area (Å²) < 4.78 is 16.6. The summed E-state index contributed by atoms with van der Waals surface area (Å²) in [6, 6.07) is 14.8. The van der Waals surface area contributed by atoms with Crippen LogP contribution in [0.2, 0.25) is 0 Å². The number of hydrogen-bond acceptors (Lipinski definition) is 7. The number of benzene rings is 2. The number of hydrogen-bond donors (Lipinski definition) is 0. The lowest BCUT2D eigenvalue weighted by atomic mass is 10.2. The molecule has 0 spiro atoms. The lowest BCUT2D eigenvalue weighted by Gasteiger charge is -1.96. The number of ether oxygens (including phenoxy) is 1. The lowest BCUT2D eigenvalue weighted by Crippen LogP contribution is -2.01. The number of rotatable bonds is 5. The van der Waals surface area contributed by atoms with E-state index in [2.05, 4.69) is 31.1 Å². The van der Waals surface area contributed by atoms with Crippen LogP contribution in [0.25, 0.3) is 28.6 Å². The van der Waals surface area contributed by atoms with E-state index in [1.165, 1.54) is 12.2 Å². The zero-order valence-corrected chi connectivity index (χ0v) is 15.4. The number of oxazole rings is 1. The second-order valence-corrected chi connectivity index (χ2v) is 6.40. The Balaban J connectivity index is 1.36. The summed E-state index contributed by atoms with van der Waals surface area (Å²) in [4.78, 5) is 20.3. The van der Waals surface area contributed by atoms with Gasteiger partial charge in [-0.1, -0.05) is 45.4 Å². The normalized spacial score (nSPS) is 11.3. The van der Waals surface area contributed by atoms with Gasteiger partial charge in [-0.3, -0.25) is 0 Å². The van der Waals surface area contributed by atoms with Crippen molar-refractivity contribution in [3.8, 4) is 11.4 Å². The van der Waals surface area contributed by atoms with Gasteiger partial charge in [-0.25, -0.2) is 9.78 Å². The van der Waals surface area contributed by atoms with Gasteiger partial charge >= 0.3 is 5.97 Å². The fourth-order valence-electron chi connectivity index (χ4n) is 2.34. The second kappa shape index (κ2) is 7.55. The molecule has 0 amide bonds. The molecular formula is C19H12BrN3O4. The van der Waals surface area contributed by atoms with Gasteiger partial charge in [-0.2, -0.15) is 4.98 Å². The minimum Gasteiger partial charge on any atom is -0.452 e. The summed E-state index contributed by atoms with van der Waals surface area (Å²) in [7, 11) is 0. The number of nitrogens with zero attached hydrogens (tertiary/aromatic N) is 3. The number of carbonyl (C=O) groups excluding carboxylic acids is 1. The van der Waals surface area contributed by atoms with Gasteiger partial charge in [0.25, 0.3) is 5.89 Å². The molecule has 2 aromatic carbocycles. The molecule has 0 saturated heterocycles. The van der Waals surface area contributed by atoms with Gasteiger partial charge in [-0.05, 0) is 24.3 Å². The van der Waals surface area contributed by atoms with Crippen molar-refractivity contribution >= 4 is 39.1 Å². The predicted octanol–water partition coefficient (Wildman–Crippen LogP) is 4.40. The predicted molar refractivity (Wildman–Crippen MR) is 100 cm³/mol. The zero-order chi connectivity index (χ0) is 18.6. The van der Waals surface area contributed by atoms with Crippen LogP contribution in [0.3, 0.4) is 0 Å². The molecule has 134 valence electrons. The van der Waals surface area contributed by atoms with E-state index in [1.807, 2.05) is 42.5 Å². The Bertz CT molecular complexity index is 1100. The van der Waals surface area contributed by atoms with Crippen LogP contribution in [0, 0.1) is 0 Å². The molecule has 2 heterocycles. The van der Waals surface area contributed by atoms with Crippen LogP contribution in [-0.2, 0) is 16.1 Å². The number of para-hydroxylation sites is 2. The molecule has 0 unspecified atom stereocenters. The molecule has 0 saturated carbocycles. The van der Waals surface area contributed by atoms with Crippen molar-refractivity contribution in [2.24, 2.45) is 0 Å². The first-order valence-electron chi connectivity index (χ1n) is 7.96. The van der Waals surface area contributed by atoms with Crippen LogP contribution in [0.4, 0.5) is 0 Å². The Kier molecular flexibility index (Phi) is 4.80. The third-order valence-electron chi connectivity index (χ3n) is 3.56. The van der Waals surface area contributed by atoms with Crippen molar-refractivity contribution in [3.05, 3.63) is 70.9 Å². The number of aromatic nitrogens is 3. The van der Waals surface area contributed by atoms with E-state index < -0.39 is 5.97 Å². The fourth-order valence-corrected chi connectivity index (χ4v) is 2.74. The van der Waals surface area contributed by atoms with E-state index in [4.69, 9.17) is 13.7 Å². The first-order chi connectivity index (χ1) is 13.2. The maximum atomic E-state index is 11.9. The molecule has 0 fully saturated rings. The molecule has 0 aliphatic rings. The smallest absolute Gasteiger partial charge is 0.331 e. The fraction of sp³-hybridized carbons (Fsp3) is 0.0526. The first-order valence-corrected chi connectivity index (χ1v) is 8.75. The highest BCUT2D eigenvalue weighted by Crippen LogP contribution is 2.20. The highest BCUT2D eigenvalue weighted by atomic mass is 79.9. The van der Waals surface area contributed by atoms with Gasteiger partial charge in [0, 0.05) is 22.2 Å². The average molecular weight is 426 g/mol. The van der Waals surface area contributed by atoms with Crippen molar-refractivity contribution in [3.63, 3.8) is 0 Å². The van der Waals surface area contributed by atoms with Crippen LogP contribution in [-0.4, -0.2) is 21.1 Å². The van der Waals surface area contributed by atoms with Crippen molar-refractivity contribution < 1.29 is 18.5 Å². The van der Waals surface area contributed by atoms with Gasteiger partial charge in [0.1, 0.15) is 5.52 Å². The maximum Gasteiger partial charge on any atom is 0.331 e. The summed E-state index contributed by atoms with van der Waals surface area (Å²) in [5.74, 6) is 0.375. The summed E-state index contributed by atoms with van der Waals surface area (Å²) in [6.07, 6.45) is 2.68. The molecule has 27 heavy (non-hydrogen) atoms. The lowest BCUT2D eigenvalue weighted by molar-refractivity contribution is -0.139. The van der Waals surface area contributed by atoms with Gasteiger partial charge < -0.3 is 13.7 Å². The van der Waals surface area contributed by atoms with E-state index in [-0.39, 0.29) is 12.5 Å². The van der Waals surface area contributed by atoms with Crippen molar-refractivity contribution in [1.82, 2.24) is 15.1 Å². The van der Waals surface area contributed by atoms with Crippen molar-refractivity contribution in [2.75, 3.05) is 0 Å². The number of fused-ring (bicyclic) bond motifs is 1. The first kappa shape index (κ1) is 17.2. The van der Waals surface area contributed by atoms with Gasteiger partial charge in [0.05, 0.1) is 0 Å². The third kappa shape index (κ3) is 4.12. The van der Waals surface area contributed by atoms with E-state index in [1.54, 1.807) is 6.07 Å². The maximum absolute atomic E-state index is 11.9. The highest BCUT2D eigenvalue weighted by Gasteiger charge is 2.11. The van der Waals surface area contributed by atoms with Gasteiger partial charge in [0.15, 0.2) is 12.2 Å². The summed E-state index contributed by atoms with van der Waals surface area (Å²) in [5, 5.41) is 3.88. The molecule has 8 heteroatoms. The molecule has 4 aromatic rings. The Labute approximate surface area is 161 Å². The van der Waals surface area contributed by atoms with Crippen LogP contribution in [0.1, 0.15) is 11.8 Å². The summed E-state index contributed by atoms with van der Waals surface area (Å²) >= 11 is 3.39. The highest BCUT2D eigenvalue weighted by molar-refractivity contribution is 9.10. The second-order valence-electron chi connectivity index (χ2n) is 5.48. The summed E-state index contributed by atoms with van der Waals surface area (Å²) in [5.41, 5.74) is 2.16. The molecule has 0 bridgehead atoms. The molecule has 0 aliphatic heterocycles. The Hall–Kier alpha value is -3.26. The van der Waals surface area contributed by atoms with E-state index in [9.17, 15) is 4.79 Å². The van der Waals surface area contributed by atoms with E-state index in [0.29, 0.717) is 17.3 Å². The van der Waals surface area contributed by atoms with Gasteiger partial charge in [-0.15, -0.1) is 0 Å². The largest absolute Gasteiger partial charge is 0.452 e.